The third-order valence-corrected chi connectivity index (χ3v) is 7.40. The van der Waals surface area contributed by atoms with Crippen molar-refractivity contribution in [2.45, 2.75) is 39.2 Å². The molecule has 0 aromatic heterocycles. The zero-order valence-corrected chi connectivity index (χ0v) is 25.0. The van der Waals surface area contributed by atoms with E-state index in [0.29, 0.717) is 16.9 Å². The third kappa shape index (κ3) is 5.62. The van der Waals surface area contributed by atoms with Gasteiger partial charge >= 0.3 is 0 Å². The molecule has 0 spiro atoms. The minimum Gasteiger partial charge on any atom is -0.507 e. The summed E-state index contributed by atoms with van der Waals surface area (Å²) in [5.74, 6) is -2.43. The van der Waals surface area contributed by atoms with Gasteiger partial charge < -0.3 is 19.9 Å². The van der Waals surface area contributed by atoms with E-state index in [1.165, 1.54) is 32.1 Å². The minimum atomic E-state index is -1.03. The van der Waals surface area contributed by atoms with Crippen LogP contribution >= 0.6 is 23.2 Å². The highest BCUT2D eigenvalue weighted by atomic mass is 35.5. The standard InChI is InChI=1S/C31H30Cl2N2O6/c1-16(36)34-19-8-7-9-20(14-19)35-25(17-10-12-18(13-11-17)31(2,3)4)23(27(38)30(35)39)26(37)21-15-22(32)29(41-6)24(33)28(21)40-5/h7-15,25,37H,1-6H3,(H,34,36)/b26-23+. The number of carbonyl (C=O) groups excluding carboxylic acids is 3. The van der Waals surface area contributed by atoms with Crippen molar-refractivity contribution in [2.75, 3.05) is 24.4 Å². The van der Waals surface area contributed by atoms with E-state index < -0.39 is 23.5 Å². The van der Waals surface area contributed by atoms with E-state index in [0.717, 1.165) is 5.56 Å². The number of carbonyl (C=O) groups is 3. The second-order valence-corrected chi connectivity index (χ2v) is 11.3. The van der Waals surface area contributed by atoms with Crippen molar-refractivity contribution in [3.8, 4) is 11.5 Å². The second kappa shape index (κ2) is 11.5. The predicted molar refractivity (Wildman–Crippen MR) is 160 cm³/mol. The fourth-order valence-corrected chi connectivity index (χ4v) is 5.50. The molecule has 3 aromatic carbocycles. The van der Waals surface area contributed by atoms with Gasteiger partial charge in [0.2, 0.25) is 5.91 Å². The molecule has 1 heterocycles. The van der Waals surface area contributed by atoms with Gasteiger partial charge in [-0.15, -0.1) is 0 Å². The summed E-state index contributed by atoms with van der Waals surface area (Å²) in [6.45, 7) is 7.59. The number of rotatable bonds is 6. The third-order valence-electron chi connectivity index (χ3n) is 6.78. The number of nitrogens with zero attached hydrogens (tertiary/aromatic N) is 1. The Morgan fingerprint density at radius 2 is 1.61 bits per heavy atom. The lowest BCUT2D eigenvalue weighted by atomic mass is 9.85. The Kier molecular flexibility index (Phi) is 8.38. The van der Waals surface area contributed by atoms with Gasteiger partial charge in [0, 0.05) is 18.3 Å². The van der Waals surface area contributed by atoms with Crippen molar-refractivity contribution in [1.29, 1.82) is 0 Å². The predicted octanol–water partition coefficient (Wildman–Crippen LogP) is 6.89. The van der Waals surface area contributed by atoms with Crippen molar-refractivity contribution >= 4 is 57.9 Å². The van der Waals surface area contributed by atoms with Gasteiger partial charge in [0.1, 0.15) is 10.8 Å². The number of hydrogen-bond donors (Lipinski definition) is 2. The number of benzene rings is 3. The smallest absolute Gasteiger partial charge is 0.300 e. The van der Waals surface area contributed by atoms with Crippen molar-refractivity contribution in [3.05, 3.63) is 86.9 Å². The molecular weight excluding hydrogens is 567 g/mol. The molecule has 1 unspecified atom stereocenters. The molecule has 2 amide bonds. The number of methoxy groups -OCH3 is 2. The Morgan fingerprint density at radius 3 is 2.17 bits per heavy atom. The zero-order valence-electron chi connectivity index (χ0n) is 23.5. The zero-order chi connectivity index (χ0) is 30.2. The van der Waals surface area contributed by atoms with Crippen LogP contribution in [0.2, 0.25) is 10.0 Å². The van der Waals surface area contributed by atoms with Gasteiger partial charge in [-0.1, -0.05) is 74.3 Å². The van der Waals surface area contributed by atoms with Crippen molar-refractivity contribution in [1.82, 2.24) is 0 Å². The maximum atomic E-state index is 13.7. The second-order valence-electron chi connectivity index (χ2n) is 10.6. The fraction of sp³-hybridized carbons (Fsp3) is 0.258. The van der Waals surface area contributed by atoms with E-state index >= 15 is 0 Å². The number of nitrogens with one attached hydrogen (secondary N) is 1. The van der Waals surface area contributed by atoms with Crippen LogP contribution in [0.5, 0.6) is 11.5 Å². The summed E-state index contributed by atoms with van der Waals surface area (Å²) in [5.41, 5.74) is 2.10. The number of amides is 2. The first-order valence-electron chi connectivity index (χ1n) is 12.7. The van der Waals surface area contributed by atoms with Gasteiger partial charge in [0.05, 0.1) is 36.4 Å². The average Bonchev–Trinajstić information content (AvgIpc) is 3.17. The molecule has 0 bridgehead atoms. The maximum absolute atomic E-state index is 13.7. The lowest BCUT2D eigenvalue weighted by Crippen LogP contribution is -2.29. The highest BCUT2D eigenvalue weighted by molar-refractivity contribution is 6.52. The number of ether oxygens (including phenoxy) is 2. The van der Waals surface area contributed by atoms with Crippen LogP contribution in [-0.2, 0) is 19.8 Å². The van der Waals surface area contributed by atoms with Crippen molar-refractivity contribution < 1.29 is 29.0 Å². The molecule has 2 N–H and O–H groups in total. The number of anilines is 2. The number of ketones is 1. The molecule has 214 valence electrons. The molecule has 1 aliphatic rings. The van der Waals surface area contributed by atoms with Gasteiger partial charge in [-0.05, 0) is 40.8 Å². The number of Topliss-reactive ketones (excluding diaryl/α,β-unsaturated/α-hetero) is 1. The first kappa shape index (κ1) is 30.0. The van der Waals surface area contributed by atoms with Gasteiger partial charge in [0.25, 0.3) is 11.7 Å². The van der Waals surface area contributed by atoms with Crippen LogP contribution in [0.3, 0.4) is 0 Å². The molecular formula is C31H30Cl2N2O6. The lowest BCUT2D eigenvalue weighted by molar-refractivity contribution is -0.132. The van der Waals surface area contributed by atoms with E-state index in [4.69, 9.17) is 32.7 Å². The maximum Gasteiger partial charge on any atom is 0.300 e. The number of aliphatic hydroxyl groups is 1. The molecule has 0 aliphatic carbocycles. The first-order chi connectivity index (χ1) is 19.3. The molecule has 8 nitrogen and oxygen atoms in total. The Hall–Kier alpha value is -4.01. The summed E-state index contributed by atoms with van der Waals surface area (Å²) in [7, 11) is 2.73. The monoisotopic (exact) mass is 596 g/mol. The Morgan fingerprint density at radius 1 is 0.976 bits per heavy atom. The fourth-order valence-electron chi connectivity index (χ4n) is 4.81. The minimum absolute atomic E-state index is 0.00707. The van der Waals surface area contributed by atoms with Crippen molar-refractivity contribution in [2.24, 2.45) is 0 Å². The summed E-state index contributed by atoms with van der Waals surface area (Å²) in [4.78, 5) is 40.3. The summed E-state index contributed by atoms with van der Waals surface area (Å²) < 4.78 is 10.7. The molecule has 10 heteroatoms. The molecule has 1 fully saturated rings. The molecule has 3 aromatic rings. The first-order valence-corrected chi connectivity index (χ1v) is 13.4. The van der Waals surface area contributed by atoms with E-state index in [1.54, 1.807) is 24.3 Å². The van der Waals surface area contributed by atoms with Crippen LogP contribution in [0.15, 0.2) is 60.2 Å². The molecule has 0 radical (unpaired) electrons. The lowest BCUT2D eigenvalue weighted by Gasteiger charge is -2.27. The van der Waals surface area contributed by atoms with Crippen LogP contribution in [0.4, 0.5) is 11.4 Å². The van der Waals surface area contributed by atoms with Crippen LogP contribution in [0, 0.1) is 0 Å². The van der Waals surface area contributed by atoms with Crippen molar-refractivity contribution in [3.63, 3.8) is 0 Å². The van der Waals surface area contributed by atoms with Gasteiger partial charge in [-0.25, -0.2) is 0 Å². The summed E-state index contributed by atoms with van der Waals surface area (Å²) in [5, 5.41) is 14.4. The molecule has 1 atom stereocenters. The van der Waals surface area contributed by atoms with Crippen LogP contribution in [-0.4, -0.2) is 36.9 Å². The quantitative estimate of drug-likeness (QED) is 0.182. The molecule has 0 saturated carbocycles. The Bertz CT molecular complexity index is 1570. The van der Waals surface area contributed by atoms with Gasteiger partial charge in [-0.3, -0.25) is 19.3 Å². The normalized spacial score (nSPS) is 16.6. The number of hydrogen-bond acceptors (Lipinski definition) is 6. The summed E-state index contributed by atoms with van der Waals surface area (Å²) in [6, 6.07) is 14.4. The summed E-state index contributed by atoms with van der Waals surface area (Å²) >= 11 is 12.8. The van der Waals surface area contributed by atoms with E-state index in [1.807, 2.05) is 24.3 Å². The topological polar surface area (TPSA) is 105 Å². The van der Waals surface area contributed by atoms with Crippen LogP contribution < -0.4 is 19.7 Å². The van der Waals surface area contributed by atoms with Crippen LogP contribution in [0.1, 0.15) is 50.4 Å². The van der Waals surface area contributed by atoms with E-state index in [2.05, 4.69) is 26.1 Å². The molecule has 4 rings (SSSR count). The van der Waals surface area contributed by atoms with Crippen LogP contribution in [0.25, 0.3) is 5.76 Å². The van der Waals surface area contributed by atoms with E-state index in [9.17, 15) is 19.5 Å². The largest absolute Gasteiger partial charge is 0.507 e. The van der Waals surface area contributed by atoms with E-state index in [-0.39, 0.29) is 44.0 Å². The summed E-state index contributed by atoms with van der Waals surface area (Å²) in [6.07, 6.45) is 0. The molecule has 41 heavy (non-hydrogen) atoms. The Labute approximate surface area is 248 Å². The van der Waals surface area contributed by atoms with Gasteiger partial charge in [-0.2, -0.15) is 0 Å². The highest BCUT2D eigenvalue weighted by Crippen LogP contribution is 2.48. The number of halogens is 2. The molecule has 1 saturated heterocycles. The average molecular weight is 597 g/mol. The number of aliphatic hydroxyl groups excluding tert-OH is 1. The SMILES string of the molecule is COc1c(Cl)cc(/C(O)=C2\C(=O)C(=O)N(c3cccc(NC(C)=O)c3)C2c2ccc(C(C)(C)C)cc2)c(OC)c1Cl. The van der Waals surface area contributed by atoms with Gasteiger partial charge in [0.15, 0.2) is 11.5 Å². The highest BCUT2D eigenvalue weighted by Gasteiger charge is 2.47. The Balaban J connectivity index is 2.00. The molecule has 1 aliphatic heterocycles.